The molecule has 4 rings (SSSR count). The van der Waals surface area contributed by atoms with Crippen LogP contribution in [0.2, 0.25) is 0 Å². The molecule has 2 aromatic rings. The minimum absolute atomic E-state index is 0.0935. The van der Waals surface area contributed by atoms with E-state index >= 15 is 0 Å². The van der Waals surface area contributed by atoms with Crippen LogP contribution in [0.3, 0.4) is 0 Å². The highest BCUT2D eigenvalue weighted by Crippen LogP contribution is 2.25. The lowest BCUT2D eigenvalue weighted by Crippen LogP contribution is -2.50. The van der Waals surface area contributed by atoms with Crippen LogP contribution >= 0.6 is 0 Å². The molecule has 2 aliphatic rings. The van der Waals surface area contributed by atoms with Crippen molar-refractivity contribution in [1.29, 1.82) is 0 Å². The molecule has 0 saturated carbocycles. The Morgan fingerprint density at radius 1 is 0.897 bits per heavy atom. The predicted molar refractivity (Wildman–Crippen MR) is 113 cm³/mol. The van der Waals surface area contributed by atoms with Gasteiger partial charge in [0.15, 0.2) is 0 Å². The van der Waals surface area contributed by atoms with Crippen molar-refractivity contribution in [3.63, 3.8) is 0 Å². The Morgan fingerprint density at radius 2 is 1.55 bits per heavy atom. The van der Waals surface area contributed by atoms with Gasteiger partial charge in [0.2, 0.25) is 10.0 Å². The van der Waals surface area contributed by atoms with Crippen molar-refractivity contribution in [2.45, 2.75) is 43.6 Å². The Kier molecular flexibility index (Phi) is 6.47. The maximum atomic E-state index is 12.7. The minimum Gasteiger partial charge on any atom is -0.490 e. The van der Waals surface area contributed by atoms with Crippen molar-refractivity contribution in [2.24, 2.45) is 0 Å². The summed E-state index contributed by atoms with van der Waals surface area (Å²) >= 11 is 0. The molecule has 0 amide bonds. The number of hydrogen-bond acceptors (Lipinski definition) is 5. The van der Waals surface area contributed by atoms with Gasteiger partial charge in [-0.3, -0.25) is 4.98 Å². The first kappa shape index (κ1) is 20.3. The fourth-order valence-electron chi connectivity index (χ4n) is 4.33. The Hall–Kier alpha value is -1.96. The molecule has 0 atom stereocenters. The van der Waals surface area contributed by atoms with Crippen LogP contribution in [0.1, 0.15) is 31.2 Å². The fraction of sp³-hybridized carbons (Fsp3) is 0.500. The second-order valence-electron chi connectivity index (χ2n) is 7.91. The maximum absolute atomic E-state index is 12.7. The molecule has 1 aromatic heterocycles. The van der Waals surface area contributed by atoms with Gasteiger partial charge in [-0.1, -0.05) is 30.3 Å². The van der Waals surface area contributed by atoms with E-state index in [9.17, 15) is 8.42 Å². The number of hydrogen-bond donors (Lipinski definition) is 0. The van der Waals surface area contributed by atoms with Gasteiger partial charge in [0.1, 0.15) is 11.9 Å². The van der Waals surface area contributed by atoms with Crippen molar-refractivity contribution in [3.8, 4) is 5.75 Å². The van der Waals surface area contributed by atoms with E-state index in [2.05, 4.69) is 9.88 Å². The molecular weight excluding hydrogens is 386 g/mol. The van der Waals surface area contributed by atoms with Crippen molar-refractivity contribution in [1.82, 2.24) is 14.2 Å². The van der Waals surface area contributed by atoms with Crippen molar-refractivity contribution < 1.29 is 13.2 Å². The number of nitrogens with zero attached hydrogens (tertiary/aromatic N) is 3. The Labute approximate surface area is 173 Å². The summed E-state index contributed by atoms with van der Waals surface area (Å²) in [5.41, 5.74) is 0.853. The first-order valence-electron chi connectivity index (χ1n) is 10.4. The molecule has 0 bridgehead atoms. The third-order valence-electron chi connectivity index (χ3n) is 5.95. The summed E-state index contributed by atoms with van der Waals surface area (Å²) in [6, 6.07) is 13.7. The van der Waals surface area contributed by atoms with E-state index in [0.29, 0.717) is 19.1 Å². The van der Waals surface area contributed by atoms with Crippen LogP contribution in [0.25, 0.3) is 0 Å². The Balaban J connectivity index is 1.24. The summed E-state index contributed by atoms with van der Waals surface area (Å²) in [5.74, 6) is 0.978. The molecule has 2 aliphatic heterocycles. The first-order valence-corrected chi connectivity index (χ1v) is 12.0. The summed E-state index contributed by atoms with van der Waals surface area (Å²) in [6.07, 6.45) is 7.59. The smallest absolute Gasteiger partial charge is 0.218 e. The van der Waals surface area contributed by atoms with Crippen molar-refractivity contribution in [2.75, 3.05) is 26.2 Å². The van der Waals surface area contributed by atoms with E-state index in [1.54, 1.807) is 16.7 Å². The third-order valence-corrected chi connectivity index (χ3v) is 7.80. The monoisotopic (exact) mass is 415 g/mol. The Morgan fingerprint density at radius 3 is 2.21 bits per heavy atom. The van der Waals surface area contributed by atoms with Gasteiger partial charge in [-0.25, -0.2) is 12.7 Å². The van der Waals surface area contributed by atoms with E-state index in [4.69, 9.17) is 4.74 Å². The van der Waals surface area contributed by atoms with Gasteiger partial charge in [-0.2, -0.15) is 0 Å². The quantitative estimate of drug-likeness (QED) is 0.726. The van der Waals surface area contributed by atoms with Crippen LogP contribution in [-0.4, -0.2) is 60.9 Å². The number of rotatable bonds is 6. The highest BCUT2D eigenvalue weighted by atomic mass is 32.2. The molecule has 0 N–H and O–H groups in total. The molecule has 156 valence electrons. The largest absolute Gasteiger partial charge is 0.490 e. The van der Waals surface area contributed by atoms with Gasteiger partial charge in [0.05, 0.1) is 5.75 Å². The maximum Gasteiger partial charge on any atom is 0.218 e. The van der Waals surface area contributed by atoms with Gasteiger partial charge in [-0.05, 0) is 43.4 Å². The molecule has 2 fully saturated rings. The van der Waals surface area contributed by atoms with E-state index in [-0.39, 0.29) is 11.9 Å². The number of pyridine rings is 1. The van der Waals surface area contributed by atoms with E-state index in [1.165, 1.54) is 0 Å². The van der Waals surface area contributed by atoms with Gasteiger partial charge < -0.3 is 9.64 Å². The second kappa shape index (κ2) is 9.24. The Bertz CT molecular complexity index is 861. The summed E-state index contributed by atoms with van der Waals surface area (Å²) in [5, 5.41) is 0. The van der Waals surface area contributed by atoms with Crippen LogP contribution < -0.4 is 4.74 Å². The molecule has 0 aliphatic carbocycles. The number of ether oxygens (including phenoxy) is 1. The molecule has 6 nitrogen and oxygen atoms in total. The highest BCUT2D eigenvalue weighted by molar-refractivity contribution is 7.88. The standard InChI is InChI=1S/C22H29N3O3S/c26-29(27,18-19-4-2-1-3-5-19)25-16-8-20(9-17-25)24-14-10-22(11-15-24)28-21-6-12-23-13-7-21/h1-7,12-13,20,22H,8-11,14-18H2. The lowest BCUT2D eigenvalue weighted by Gasteiger charge is -2.41. The predicted octanol–water partition coefficient (Wildman–Crippen LogP) is 2.92. The van der Waals surface area contributed by atoms with E-state index in [0.717, 1.165) is 50.1 Å². The van der Waals surface area contributed by atoms with Crippen LogP contribution in [0, 0.1) is 0 Å². The molecule has 1 aromatic carbocycles. The van der Waals surface area contributed by atoms with Gasteiger partial charge in [-0.15, -0.1) is 0 Å². The zero-order valence-electron chi connectivity index (χ0n) is 16.7. The van der Waals surface area contributed by atoms with Crippen LogP contribution in [0.4, 0.5) is 0 Å². The van der Waals surface area contributed by atoms with Crippen molar-refractivity contribution in [3.05, 3.63) is 60.4 Å². The highest BCUT2D eigenvalue weighted by Gasteiger charge is 2.32. The fourth-order valence-corrected chi connectivity index (χ4v) is 5.89. The van der Waals surface area contributed by atoms with Gasteiger partial charge >= 0.3 is 0 Å². The van der Waals surface area contributed by atoms with E-state index in [1.807, 2.05) is 42.5 Å². The lowest BCUT2D eigenvalue weighted by atomic mass is 10.00. The van der Waals surface area contributed by atoms with E-state index < -0.39 is 10.0 Å². The first-order chi connectivity index (χ1) is 14.1. The SMILES string of the molecule is O=S(=O)(Cc1ccccc1)N1CCC(N2CCC(Oc3ccncc3)CC2)CC1. The number of benzene rings is 1. The normalized spacial score (nSPS) is 20.6. The number of likely N-dealkylation sites (tertiary alicyclic amines) is 1. The van der Waals surface area contributed by atoms with Crippen molar-refractivity contribution >= 4 is 10.0 Å². The molecule has 3 heterocycles. The van der Waals surface area contributed by atoms with Gasteiger partial charge in [0.25, 0.3) is 0 Å². The molecule has 7 heteroatoms. The third kappa shape index (κ3) is 5.35. The summed E-state index contributed by atoms with van der Waals surface area (Å²) < 4.78 is 33.2. The van der Waals surface area contributed by atoms with Crippen LogP contribution in [-0.2, 0) is 15.8 Å². The summed E-state index contributed by atoms with van der Waals surface area (Å²) in [6.45, 7) is 3.26. The summed E-state index contributed by atoms with van der Waals surface area (Å²) in [7, 11) is -3.24. The molecule has 0 radical (unpaired) electrons. The zero-order valence-corrected chi connectivity index (χ0v) is 17.5. The summed E-state index contributed by atoms with van der Waals surface area (Å²) in [4.78, 5) is 6.54. The minimum atomic E-state index is -3.24. The van der Waals surface area contributed by atoms with Crippen LogP contribution in [0.15, 0.2) is 54.9 Å². The number of sulfonamides is 1. The molecular formula is C22H29N3O3S. The molecule has 2 saturated heterocycles. The average molecular weight is 416 g/mol. The molecule has 29 heavy (non-hydrogen) atoms. The average Bonchev–Trinajstić information content (AvgIpc) is 2.76. The topological polar surface area (TPSA) is 62.7 Å². The molecule has 0 unspecified atom stereocenters. The molecule has 0 spiro atoms. The van der Waals surface area contributed by atoms with Crippen LogP contribution in [0.5, 0.6) is 5.75 Å². The second-order valence-corrected chi connectivity index (χ2v) is 9.88. The lowest BCUT2D eigenvalue weighted by molar-refractivity contribution is 0.0585. The number of piperidine rings is 2. The number of aromatic nitrogens is 1. The zero-order chi connectivity index (χ0) is 20.1. The van der Waals surface area contributed by atoms with Gasteiger partial charge in [0, 0.05) is 44.6 Å².